The highest BCUT2D eigenvalue weighted by Gasteiger charge is 2.29. The number of rotatable bonds is 9. The van der Waals surface area contributed by atoms with Crippen LogP contribution in [0.1, 0.15) is 34.3 Å². The van der Waals surface area contributed by atoms with Gasteiger partial charge < -0.3 is 29.7 Å². The van der Waals surface area contributed by atoms with Gasteiger partial charge in [-0.15, -0.1) is 0 Å². The first-order chi connectivity index (χ1) is 18.9. The molecule has 0 unspecified atom stereocenters. The van der Waals surface area contributed by atoms with Gasteiger partial charge in [-0.05, 0) is 73.4 Å². The molecular weight excluding hydrogens is 498 g/mol. The second kappa shape index (κ2) is 12.8. The molecular formula is C30H33N3O6. The lowest BCUT2D eigenvalue weighted by molar-refractivity contribution is -0.131. The predicted molar refractivity (Wildman–Crippen MR) is 149 cm³/mol. The minimum Gasteiger partial charge on any atom is -0.495 e. The van der Waals surface area contributed by atoms with Gasteiger partial charge in [-0.3, -0.25) is 4.79 Å². The number of likely N-dealkylation sites (tertiary alicyclic amines) is 1. The number of aryl methyl sites for hydroxylation is 1. The molecule has 0 saturated carbocycles. The first kappa shape index (κ1) is 27.5. The molecule has 1 saturated heterocycles. The zero-order chi connectivity index (χ0) is 27.8. The molecule has 9 heteroatoms. The number of para-hydroxylation sites is 1. The predicted octanol–water partition coefficient (Wildman–Crippen LogP) is 5.05. The molecule has 0 spiro atoms. The molecule has 1 fully saturated rings. The molecule has 1 heterocycles. The standard InChI is InChI=1S/C30H33N3O6/c1-20-7-4-5-9-25(20)31-30(36)32-26-15-10-21(17-27(26)37-2)18-28(34)33-16-6-8-23(33)19-39-24-13-11-22(12-14-24)29(35)38-3/h4-5,7,9-15,17,23H,6,8,16,18-19H2,1-3H3,(H2,31,32,36)/t23-/m0/s1. The molecule has 1 aliphatic rings. The van der Waals surface area contributed by atoms with Gasteiger partial charge in [0.2, 0.25) is 5.91 Å². The van der Waals surface area contributed by atoms with Crippen molar-refractivity contribution in [1.29, 1.82) is 0 Å². The minimum atomic E-state index is -0.403. The van der Waals surface area contributed by atoms with Gasteiger partial charge in [0.25, 0.3) is 0 Å². The lowest BCUT2D eigenvalue weighted by atomic mass is 10.1. The van der Waals surface area contributed by atoms with Gasteiger partial charge in [-0.2, -0.15) is 0 Å². The summed E-state index contributed by atoms with van der Waals surface area (Å²) in [4.78, 5) is 39.2. The number of anilines is 2. The normalized spacial score (nSPS) is 14.4. The van der Waals surface area contributed by atoms with E-state index in [1.807, 2.05) is 42.2 Å². The van der Waals surface area contributed by atoms with Crippen LogP contribution in [-0.2, 0) is 16.0 Å². The van der Waals surface area contributed by atoms with Gasteiger partial charge in [0, 0.05) is 12.2 Å². The molecule has 39 heavy (non-hydrogen) atoms. The van der Waals surface area contributed by atoms with Gasteiger partial charge in [-0.25, -0.2) is 9.59 Å². The third-order valence-corrected chi connectivity index (χ3v) is 6.68. The van der Waals surface area contributed by atoms with Crippen molar-refractivity contribution in [2.75, 3.05) is 38.0 Å². The average molecular weight is 532 g/mol. The molecule has 0 bridgehead atoms. The molecule has 0 aliphatic carbocycles. The van der Waals surface area contributed by atoms with E-state index in [0.29, 0.717) is 35.9 Å². The van der Waals surface area contributed by atoms with Gasteiger partial charge in [0.05, 0.1) is 37.9 Å². The van der Waals surface area contributed by atoms with E-state index in [1.54, 1.807) is 36.4 Å². The van der Waals surface area contributed by atoms with Crippen LogP contribution in [0.15, 0.2) is 66.7 Å². The Morgan fingerprint density at radius 1 is 0.949 bits per heavy atom. The smallest absolute Gasteiger partial charge is 0.337 e. The zero-order valence-corrected chi connectivity index (χ0v) is 22.4. The summed E-state index contributed by atoms with van der Waals surface area (Å²) in [6.45, 7) is 2.96. The number of esters is 1. The first-order valence-corrected chi connectivity index (χ1v) is 12.8. The molecule has 3 amide bonds. The quantitative estimate of drug-likeness (QED) is 0.375. The molecule has 3 aromatic carbocycles. The fourth-order valence-electron chi connectivity index (χ4n) is 4.55. The van der Waals surface area contributed by atoms with Crippen LogP contribution in [0.3, 0.4) is 0 Å². The Hall–Kier alpha value is -4.53. The van der Waals surface area contributed by atoms with Crippen LogP contribution in [0.25, 0.3) is 0 Å². The topological polar surface area (TPSA) is 106 Å². The molecule has 0 aromatic heterocycles. The molecule has 204 valence electrons. The number of amides is 3. The molecule has 0 radical (unpaired) electrons. The highest BCUT2D eigenvalue weighted by atomic mass is 16.5. The van der Waals surface area contributed by atoms with Crippen molar-refractivity contribution < 1.29 is 28.6 Å². The van der Waals surface area contributed by atoms with Crippen LogP contribution in [0.2, 0.25) is 0 Å². The maximum absolute atomic E-state index is 13.2. The highest BCUT2D eigenvalue weighted by Crippen LogP contribution is 2.27. The number of nitrogens with one attached hydrogen (secondary N) is 2. The van der Waals surface area contributed by atoms with Crippen molar-refractivity contribution in [1.82, 2.24) is 4.90 Å². The van der Waals surface area contributed by atoms with Crippen molar-refractivity contribution in [2.45, 2.75) is 32.2 Å². The van der Waals surface area contributed by atoms with Crippen molar-refractivity contribution >= 4 is 29.3 Å². The van der Waals surface area contributed by atoms with E-state index >= 15 is 0 Å². The van der Waals surface area contributed by atoms with E-state index in [-0.39, 0.29) is 24.4 Å². The molecule has 3 aromatic rings. The van der Waals surface area contributed by atoms with Crippen LogP contribution in [0.5, 0.6) is 11.5 Å². The monoisotopic (exact) mass is 531 g/mol. The maximum Gasteiger partial charge on any atom is 0.337 e. The number of benzene rings is 3. The molecule has 4 rings (SSSR count). The van der Waals surface area contributed by atoms with Crippen LogP contribution in [0, 0.1) is 6.92 Å². The SMILES string of the molecule is COC(=O)c1ccc(OC[C@@H]2CCCN2C(=O)Cc2ccc(NC(=O)Nc3ccccc3C)c(OC)c2)cc1. The molecule has 1 aliphatic heterocycles. The molecule has 2 N–H and O–H groups in total. The summed E-state index contributed by atoms with van der Waals surface area (Å²) in [5.41, 5.74) is 3.41. The number of ether oxygens (including phenoxy) is 3. The third-order valence-electron chi connectivity index (χ3n) is 6.68. The summed E-state index contributed by atoms with van der Waals surface area (Å²) in [6.07, 6.45) is 1.97. The Balaban J connectivity index is 1.34. The number of methoxy groups -OCH3 is 2. The molecule has 1 atom stereocenters. The number of carbonyl (C=O) groups excluding carboxylic acids is 3. The van der Waals surface area contributed by atoms with Crippen LogP contribution >= 0.6 is 0 Å². The minimum absolute atomic E-state index is 0.00203. The fourth-order valence-corrected chi connectivity index (χ4v) is 4.55. The Kier molecular flexibility index (Phi) is 9.04. The highest BCUT2D eigenvalue weighted by molar-refractivity contribution is 6.01. The Morgan fingerprint density at radius 2 is 1.69 bits per heavy atom. The van der Waals surface area contributed by atoms with Gasteiger partial charge >= 0.3 is 12.0 Å². The van der Waals surface area contributed by atoms with Crippen molar-refractivity contribution in [2.24, 2.45) is 0 Å². The zero-order valence-electron chi connectivity index (χ0n) is 22.4. The second-order valence-electron chi connectivity index (χ2n) is 9.32. The van der Waals surface area contributed by atoms with E-state index in [2.05, 4.69) is 10.6 Å². The van der Waals surface area contributed by atoms with Gasteiger partial charge in [-0.1, -0.05) is 24.3 Å². The summed E-state index contributed by atoms with van der Waals surface area (Å²) in [7, 11) is 2.86. The van der Waals surface area contributed by atoms with E-state index in [9.17, 15) is 14.4 Å². The maximum atomic E-state index is 13.2. The lowest BCUT2D eigenvalue weighted by Gasteiger charge is -2.25. The number of nitrogens with zero attached hydrogens (tertiary/aromatic N) is 1. The average Bonchev–Trinajstić information content (AvgIpc) is 3.43. The first-order valence-electron chi connectivity index (χ1n) is 12.8. The third kappa shape index (κ3) is 7.07. The summed E-state index contributed by atoms with van der Waals surface area (Å²) in [6, 6.07) is 19.2. The number of urea groups is 1. The largest absolute Gasteiger partial charge is 0.495 e. The lowest BCUT2D eigenvalue weighted by Crippen LogP contribution is -2.39. The number of carbonyl (C=O) groups is 3. The Bertz CT molecular complexity index is 1320. The van der Waals surface area contributed by atoms with Crippen molar-refractivity contribution in [3.05, 3.63) is 83.4 Å². The van der Waals surface area contributed by atoms with E-state index in [4.69, 9.17) is 14.2 Å². The van der Waals surface area contributed by atoms with E-state index in [1.165, 1.54) is 14.2 Å². The molecule has 9 nitrogen and oxygen atoms in total. The van der Waals surface area contributed by atoms with Crippen LogP contribution in [0.4, 0.5) is 16.2 Å². The second-order valence-corrected chi connectivity index (χ2v) is 9.32. The summed E-state index contributed by atoms with van der Waals surface area (Å²) >= 11 is 0. The van der Waals surface area contributed by atoms with E-state index in [0.717, 1.165) is 29.7 Å². The number of hydrogen-bond donors (Lipinski definition) is 2. The fraction of sp³-hybridized carbons (Fsp3) is 0.300. The Labute approximate surface area is 228 Å². The van der Waals surface area contributed by atoms with Crippen LogP contribution < -0.4 is 20.1 Å². The van der Waals surface area contributed by atoms with Gasteiger partial charge in [0.15, 0.2) is 0 Å². The Morgan fingerprint density at radius 3 is 2.41 bits per heavy atom. The van der Waals surface area contributed by atoms with Crippen molar-refractivity contribution in [3.63, 3.8) is 0 Å². The summed E-state index contributed by atoms with van der Waals surface area (Å²) in [5, 5.41) is 5.65. The summed E-state index contributed by atoms with van der Waals surface area (Å²) < 4.78 is 16.1. The van der Waals surface area contributed by atoms with Crippen LogP contribution in [-0.4, -0.2) is 56.2 Å². The van der Waals surface area contributed by atoms with Gasteiger partial charge in [0.1, 0.15) is 18.1 Å². The van der Waals surface area contributed by atoms with Crippen molar-refractivity contribution in [3.8, 4) is 11.5 Å². The summed E-state index contributed by atoms with van der Waals surface area (Å²) in [5.74, 6) is 0.695. The number of hydrogen-bond acceptors (Lipinski definition) is 6. The van der Waals surface area contributed by atoms with E-state index < -0.39 is 5.97 Å².